The Morgan fingerprint density at radius 2 is 2.23 bits per heavy atom. The summed E-state index contributed by atoms with van der Waals surface area (Å²) in [5, 5.41) is 11.7. The van der Waals surface area contributed by atoms with Crippen molar-refractivity contribution in [3.8, 4) is 10.8 Å². The van der Waals surface area contributed by atoms with E-state index in [9.17, 15) is 14.7 Å². The lowest BCUT2D eigenvalue weighted by Crippen LogP contribution is -2.50. The van der Waals surface area contributed by atoms with E-state index >= 15 is 0 Å². The van der Waals surface area contributed by atoms with Crippen molar-refractivity contribution in [1.29, 1.82) is 0 Å². The number of carbonyl (C=O) groups excluding carboxylic acids is 1. The van der Waals surface area contributed by atoms with Gasteiger partial charge in [0.2, 0.25) is 0 Å². The maximum absolute atomic E-state index is 12.6. The molecule has 1 amide bonds. The smallest absolute Gasteiger partial charge is 0.329 e. The van der Waals surface area contributed by atoms with Gasteiger partial charge in [0.05, 0.1) is 0 Å². The second kappa shape index (κ2) is 5.24. The number of furan rings is 1. The lowest BCUT2D eigenvalue weighted by molar-refractivity contribution is -0.147. The Labute approximate surface area is 131 Å². The molecule has 0 aromatic carbocycles. The summed E-state index contributed by atoms with van der Waals surface area (Å²) in [6, 6.07) is 3.64. The van der Waals surface area contributed by atoms with Crippen molar-refractivity contribution in [3.05, 3.63) is 29.0 Å². The van der Waals surface area contributed by atoms with E-state index in [1.807, 2.05) is 13.0 Å². The van der Waals surface area contributed by atoms with Gasteiger partial charge in [0.15, 0.2) is 10.8 Å². The SMILES string of the molecule is Cc1ccc(-c2nc(C(=O)N3CCCC3(C)C(=O)O)cs2)o1. The summed E-state index contributed by atoms with van der Waals surface area (Å²) in [6.07, 6.45) is 1.14. The summed E-state index contributed by atoms with van der Waals surface area (Å²) in [7, 11) is 0. The molecule has 1 saturated heterocycles. The van der Waals surface area contributed by atoms with Crippen molar-refractivity contribution in [1.82, 2.24) is 9.88 Å². The maximum Gasteiger partial charge on any atom is 0.329 e. The van der Waals surface area contributed by atoms with Gasteiger partial charge in [-0.3, -0.25) is 4.79 Å². The van der Waals surface area contributed by atoms with Crippen molar-refractivity contribution in [3.63, 3.8) is 0 Å². The molecule has 0 radical (unpaired) electrons. The van der Waals surface area contributed by atoms with Gasteiger partial charge in [-0.05, 0) is 38.8 Å². The van der Waals surface area contributed by atoms with Gasteiger partial charge in [0.25, 0.3) is 5.91 Å². The van der Waals surface area contributed by atoms with Crippen LogP contribution in [0.1, 0.15) is 36.0 Å². The van der Waals surface area contributed by atoms with Crippen LogP contribution in [0.4, 0.5) is 0 Å². The molecule has 1 unspecified atom stereocenters. The predicted molar refractivity (Wildman–Crippen MR) is 80.9 cm³/mol. The van der Waals surface area contributed by atoms with E-state index in [1.54, 1.807) is 18.4 Å². The molecule has 3 heterocycles. The Kier molecular flexibility index (Phi) is 3.52. The predicted octanol–water partition coefficient (Wildman–Crippen LogP) is 2.79. The van der Waals surface area contributed by atoms with E-state index in [-0.39, 0.29) is 11.6 Å². The first-order valence-electron chi connectivity index (χ1n) is 6.99. The van der Waals surface area contributed by atoms with E-state index in [1.165, 1.54) is 16.2 Å². The first-order chi connectivity index (χ1) is 10.4. The largest absolute Gasteiger partial charge is 0.480 e. The highest BCUT2D eigenvalue weighted by atomic mass is 32.1. The Hall–Kier alpha value is -2.15. The standard InChI is InChI=1S/C15H16N2O4S/c1-9-4-5-11(21-9)12-16-10(8-22-12)13(18)17-7-3-6-15(17,2)14(19)20/h4-5,8H,3,6-7H2,1-2H3,(H,19,20). The van der Waals surface area contributed by atoms with Crippen LogP contribution in [0, 0.1) is 6.92 Å². The first-order valence-corrected chi connectivity index (χ1v) is 7.87. The number of rotatable bonds is 3. The molecule has 6 nitrogen and oxygen atoms in total. The minimum atomic E-state index is -1.15. The molecule has 2 aromatic heterocycles. The van der Waals surface area contributed by atoms with Crippen LogP contribution < -0.4 is 0 Å². The summed E-state index contributed by atoms with van der Waals surface area (Å²) in [5.74, 6) is 0.0729. The zero-order chi connectivity index (χ0) is 15.9. The summed E-state index contributed by atoms with van der Waals surface area (Å²) in [4.78, 5) is 29.8. The number of hydrogen-bond acceptors (Lipinski definition) is 5. The number of carbonyl (C=O) groups is 2. The van der Waals surface area contributed by atoms with E-state index in [2.05, 4.69) is 4.98 Å². The van der Waals surface area contributed by atoms with Crippen LogP contribution in [-0.2, 0) is 4.79 Å². The molecule has 1 aliphatic heterocycles. The van der Waals surface area contributed by atoms with Crippen molar-refractivity contribution in [2.45, 2.75) is 32.2 Å². The lowest BCUT2D eigenvalue weighted by atomic mass is 9.99. The highest BCUT2D eigenvalue weighted by Gasteiger charge is 2.46. The highest BCUT2D eigenvalue weighted by Crippen LogP contribution is 2.32. The van der Waals surface area contributed by atoms with Crippen LogP contribution in [0.25, 0.3) is 10.8 Å². The van der Waals surface area contributed by atoms with Gasteiger partial charge in [0, 0.05) is 11.9 Å². The average Bonchev–Trinajstić information content (AvgIpc) is 3.17. The summed E-state index contributed by atoms with van der Waals surface area (Å²) in [5.41, 5.74) is -0.884. The highest BCUT2D eigenvalue weighted by molar-refractivity contribution is 7.13. The van der Waals surface area contributed by atoms with E-state index in [0.717, 1.165) is 5.76 Å². The zero-order valence-corrected chi connectivity index (χ0v) is 13.1. The van der Waals surface area contributed by atoms with Gasteiger partial charge < -0.3 is 14.4 Å². The van der Waals surface area contributed by atoms with Crippen molar-refractivity contribution in [2.75, 3.05) is 6.54 Å². The molecule has 0 aliphatic carbocycles. The quantitative estimate of drug-likeness (QED) is 0.940. The van der Waals surface area contributed by atoms with Crippen molar-refractivity contribution < 1.29 is 19.1 Å². The molecule has 116 valence electrons. The minimum Gasteiger partial charge on any atom is -0.480 e. The summed E-state index contributed by atoms with van der Waals surface area (Å²) < 4.78 is 5.50. The van der Waals surface area contributed by atoms with Gasteiger partial charge in [-0.1, -0.05) is 0 Å². The van der Waals surface area contributed by atoms with Gasteiger partial charge >= 0.3 is 5.97 Å². The second-order valence-electron chi connectivity index (χ2n) is 5.59. The summed E-state index contributed by atoms with van der Waals surface area (Å²) >= 11 is 1.31. The second-order valence-corrected chi connectivity index (χ2v) is 6.45. The van der Waals surface area contributed by atoms with E-state index < -0.39 is 11.5 Å². The van der Waals surface area contributed by atoms with E-state index in [4.69, 9.17) is 4.42 Å². The fourth-order valence-corrected chi connectivity index (χ4v) is 3.44. The minimum absolute atomic E-state index is 0.267. The van der Waals surface area contributed by atoms with Gasteiger partial charge in [-0.25, -0.2) is 9.78 Å². The molecular weight excluding hydrogens is 304 g/mol. The third kappa shape index (κ3) is 2.31. The van der Waals surface area contributed by atoms with Crippen molar-refractivity contribution >= 4 is 23.2 Å². The Morgan fingerprint density at radius 3 is 2.86 bits per heavy atom. The van der Waals surface area contributed by atoms with Gasteiger partial charge in [-0.15, -0.1) is 11.3 Å². The fraction of sp³-hybridized carbons (Fsp3) is 0.400. The number of carboxylic acids is 1. The third-order valence-electron chi connectivity index (χ3n) is 4.02. The number of likely N-dealkylation sites (tertiary alicyclic amines) is 1. The Balaban J connectivity index is 1.87. The average molecular weight is 320 g/mol. The van der Waals surface area contributed by atoms with Crippen LogP contribution in [0.15, 0.2) is 21.9 Å². The molecule has 1 N–H and O–H groups in total. The molecule has 0 bridgehead atoms. The molecule has 22 heavy (non-hydrogen) atoms. The number of hydrogen-bond donors (Lipinski definition) is 1. The Bertz CT molecular complexity index is 735. The van der Waals surface area contributed by atoms with Crippen LogP contribution in [0.2, 0.25) is 0 Å². The van der Waals surface area contributed by atoms with Crippen LogP contribution in [-0.4, -0.2) is 39.0 Å². The summed E-state index contributed by atoms with van der Waals surface area (Å²) in [6.45, 7) is 3.86. The molecule has 1 aliphatic rings. The van der Waals surface area contributed by atoms with Gasteiger partial charge in [-0.2, -0.15) is 0 Å². The molecule has 1 atom stereocenters. The number of aryl methyl sites for hydroxylation is 1. The monoisotopic (exact) mass is 320 g/mol. The topological polar surface area (TPSA) is 83.6 Å². The number of nitrogens with zero attached hydrogens (tertiary/aromatic N) is 2. The number of aliphatic carboxylic acids is 1. The van der Waals surface area contributed by atoms with Crippen molar-refractivity contribution in [2.24, 2.45) is 0 Å². The molecule has 3 rings (SSSR count). The van der Waals surface area contributed by atoms with E-state index in [0.29, 0.717) is 30.2 Å². The third-order valence-corrected chi connectivity index (χ3v) is 4.88. The fourth-order valence-electron chi connectivity index (χ4n) is 2.68. The maximum atomic E-state index is 12.6. The lowest BCUT2D eigenvalue weighted by Gasteiger charge is -2.30. The number of aromatic nitrogens is 1. The first kappa shape index (κ1) is 14.8. The molecular formula is C15H16N2O4S. The van der Waals surface area contributed by atoms with Crippen LogP contribution >= 0.6 is 11.3 Å². The van der Waals surface area contributed by atoms with Crippen LogP contribution in [0.3, 0.4) is 0 Å². The molecule has 1 fully saturated rings. The van der Waals surface area contributed by atoms with Gasteiger partial charge in [0.1, 0.15) is 17.0 Å². The molecule has 0 saturated carbocycles. The number of amides is 1. The number of thiazole rings is 1. The van der Waals surface area contributed by atoms with Crippen LogP contribution in [0.5, 0.6) is 0 Å². The zero-order valence-electron chi connectivity index (χ0n) is 12.3. The molecule has 7 heteroatoms. The Morgan fingerprint density at radius 1 is 1.45 bits per heavy atom. The molecule has 2 aromatic rings. The number of carboxylic acid groups (broad SMARTS) is 1. The normalized spacial score (nSPS) is 21.3. The molecule has 0 spiro atoms.